The fourth-order valence-corrected chi connectivity index (χ4v) is 4.31. The number of aromatic nitrogens is 3. The topological polar surface area (TPSA) is 57.2 Å². The standard InChI is InChI=1S/C30H27F7N6/c1-4-7-22(17-43(3)30(35,36)37)39-28-23-12-11-20(27-24(29(32,33)34)10-6-13-38-27)15-25(23)40-26(41-28)18-42(2)16-19-8-5-9-21(31)14-19/h4-15,17H,16,18H2,1-3H3,(H,39,40,41)/b7-4-,22-17+. The Morgan fingerprint density at radius 1 is 0.930 bits per heavy atom. The van der Waals surface area contributed by atoms with Gasteiger partial charge >= 0.3 is 12.5 Å². The Bertz CT molecular complexity index is 1650. The Balaban J connectivity index is 1.80. The lowest BCUT2D eigenvalue weighted by atomic mass is 10.0. The van der Waals surface area contributed by atoms with Gasteiger partial charge in [0.1, 0.15) is 17.5 Å². The molecular weight excluding hydrogens is 577 g/mol. The van der Waals surface area contributed by atoms with E-state index in [1.807, 2.05) is 0 Å². The van der Waals surface area contributed by atoms with Gasteiger partial charge in [0.15, 0.2) is 0 Å². The average molecular weight is 605 g/mol. The highest BCUT2D eigenvalue weighted by atomic mass is 19.4. The second-order valence-corrected chi connectivity index (χ2v) is 9.71. The summed E-state index contributed by atoms with van der Waals surface area (Å²) in [5, 5.41) is 3.27. The summed E-state index contributed by atoms with van der Waals surface area (Å²) in [7, 11) is 2.60. The number of rotatable bonds is 9. The SMILES string of the molecule is C/C=C\C(=C/N(C)C(F)(F)F)Nc1nc(CN(C)Cc2cccc(F)c2)nc2cc(-c3ncccc3C(F)(F)F)ccc12. The minimum atomic E-state index is -4.65. The molecule has 2 aromatic heterocycles. The largest absolute Gasteiger partial charge is 0.484 e. The Morgan fingerprint density at radius 2 is 1.70 bits per heavy atom. The molecule has 0 radical (unpaired) electrons. The van der Waals surface area contributed by atoms with Crippen molar-refractivity contribution in [2.45, 2.75) is 32.5 Å². The predicted molar refractivity (Wildman–Crippen MR) is 150 cm³/mol. The highest BCUT2D eigenvalue weighted by Crippen LogP contribution is 2.37. The van der Waals surface area contributed by atoms with Crippen LogP contribution < -0.4 is 5.32 Å². The number of alkyl halides is 6. The predicted octanol–water partition coefficient (Wildman–Crippen LogP) is 7.76. The smallest absolute Gasteiger partial charge is 0.338 e. The van der Waals surface area contributed by atoms with Crippen molar-refractivity contribution < 1.29 is 30.7 Å². The molecule has 0 aliphatic rings. The van der Waals surface area contributed by atoms with Gasteiger partial charge in [-0.1, -0.05) is 24.3 Å². The molecule has 0 aliphatic carbocycles. The van der Waals surface area contributed by atoms with Crippen LogP contribution in [-0.4, -0.2) is 45.1 Å². The number of hydrogen-bond acceptors (Lipinski definition) is 6. The van der Waals surface area contributed by atoms with Gasteiger partial charge in [-0.3, -0.25) is 14.8 Å². The lowest BCUT2D eigenvalue weighted by Gasteiger charge is -2.20. The van der Waals surface area contributed by atoms with Crippen molar-refractivity contribution in [3.05, 3.63) is 108 Å². The molecule has 4 aromatic rings. The lowest BCUT2D eigenvalue weighted by molar-refractivity contribution is -0.219. The molecule has 4 rings (SSSR count). The van der Waals surface area contributed by atoms with E-state index in [2.05, 4.69) is 20.3 Å². The van der Waals surface area contributed by atoms with Crippen molar-refractivity contribution in [2.24, 2.45) is 0 Å². The second-order valence-electron chi connectivity index (χ2n) is 9.71. The molecule has 0 saturated heterocycles. The number of fused-ring (bicyclic) bond motifs is 1. The highest BCUT2D eigenvalue weighted by Gasteiger charge is 2.34. The maximum Gasteiger partial charge on any atom is 0.484 e. The molecule has 0 saturated carbocycles. The van der Waals surface area contributed by atoms with Gasteiger partial charge < -0.3 is 5.32 Å². The van der Waals surface area contributed by atoms with E-state index in [-0.39, 0.29) is 45.6 Å². The number of hydrogen-bond donors (Lipinski definition) is 1. The molecule has 226 valence electrons. The number of allylic oxidation sites excluding steroid dienone is 2. The molecule has 0 fully saturated rings. The molecule has 43 heavy (non-hydrogen) atoms. The highest BCUT2D eigenvalue weighted by molar-refractivity contribution is 5.92. The van der Waals surface area contributed by atoms with Gasteiger partial charge in [0.2, 0.25) is 0 Å². The monoisotopic (exact) mass is 604 g/mol. The first kappa shape index (κ1) is 31.4. The zero-order valence-electron chi connectivity index (χ0n) is 23.3. The summed E-state index contributed by atoms with van der Waals surface area (Å²) in [5.74, 6) is -0.0263. The van der Waals surface area contributed by atoms with Crippen LogP contribution in [0, 0.1) is 5.82 Å². The average Bonchev–Trinajstić information content (AvgIpc) is 2.91. The molecule has 0 unspecified atom stereocenters. The van der Waals surface area contributed by atoms with Crippen LogP contribution in [0.3, 0.4) is 0 Å². The fourth-order valence-electron chi connectivity index (χ4n) is 4.31. The first-order chi connectivity index (χ1) is 20.2. The van der Waals surface area contributed by atoms with E-state index in [0.717, 1.165) is 19.3 Å². The Labute approximate surface area is 243 Å². The van der Waals surface area contributed by atoms with Crippen molar-refractivity contribution in [1.29, 1.82) is 0 Å². The van der Waals surface area contributed by atoms with Crippen LogP contribution >= 0.6 is 0 Å². The Morgan fingerprint density at radius 3 is 2.37 bits per heavy atom. The number of halogens is 7. The van der Waals surface area contributed by atoms with Gasteiger partial charge in [0.25, 0.3) is 0 Å². The van der Waals surface area contributed by atoms with Gasteiger partial charge in [-0.05, 0) is 62.0 Å². The zero-order chi connectivity index (χ0) is 31.4. The number of nitrogens with zero attached hydrogens (tertiary/aromatic N) is 5. The van der Waals surface area contributed by atoms with Crippen LogP contribution in [0.5, 0.6) is 0 Å². The molecule has 13 heteroatoms. The van der Waals surface area contributed by atoms with E-state index in [1.165, 1.54) is 54.7 Å². The summed E-state index contributed by atoms with van der Waals surface area (Å²) in [5.41, 5.74) is -0.0970. The van der Waals surface area contributed by atoms with Crippen molar-refractivity contribution in [2.75, 3.05) is 19.4 Å². The summed E-state index contributed by atoms with van der Waals surface area (Å²) < 4.78 is 94.7. The second kappa shape index (κ2) is 12.8. The third kappa shape index (κ3) is 8.07. The molecule has 1 N–H and O–H groups in total. The molecule has 2 heterocycles. The minimum absolute atomic E-state index is 0.0505. The van der Waals surface area contributed by atoms with Crippen LogP contribution in [0.15, 0.2) is 84.8 Å². The van der Waals surface area contributed by atoms with Gasteiger partial charge in [0, 0.05) is 36.9 Å². The quantitative estimate of drug-likeness (QED) is 0.120. The number of benzene rings is 2. The van der Waals surface area contributed by atoms with E-state index in [9.17, 15) is 30.7 Å². The molecule has 0 atom stereocenters. The number of anilines is 1. The summed E-state index contributed by atoms with van der Waals surface area (Å²) in [6, 6.07) is 12.5. The van der Waals surface area contributed by atoms with Crippen LogP contribution in [0.1, 0.15) is 23.9 Å². The van der Waals surface area contributed by atoms with E-state index < -0.39 is 23.9 Å². The van der Waals surface area contributed by atoms with Crippen molar-refractivity contribution in [3.63, 3.8) is 0 Å². The van der Waals surface area contributed by atoms with Crippen molar-refractivity contribution in [3.8, 4) is 11.3 Å². The van der Waals surface area contributed by atoms with Gasteiger partial charge in [-0.2, -0.15) is 26.3 Å². The molecular formula is C30H27F7N6. The van der Waals surface area contributed by atoms with Crippen LogP contribution in [0.2, 0.25) is 0 Å². The van der Waals surface area contributed by atoms with E-state index in [0.29, 0.717) is 17.5 Å². The van der Waals surface area contributed by atoms with E-state index >= 15 is 0 Å². The van der Waals surface area contributed by atoms with Crippen LogP contribution in [0.25, 0.3) is 22.2 Å². The van der Waals surface area contributed by atoms with Crippen LogP contribution in [0.4, 0.5) is 36.6 Å². The molecule has 6 nitrogen and oxygen atoms in total. The summed E-state index contributed by atoms with van der Waals surface area (Å²) >= 11 is 0. The third-order valence-electron chi connectivity index (χ3n) is 6.22. The number of pyridine rings is 1. The molecule has 0 bridgehead atoms. The molecule has 0 amide bonds. The minimum Gasteiger partial charge on any atom is -0.338 e. The first-order valence-electron chi connectivity index (χ1n) is 12.9. The third-order valence-corrected chi connectivity index (χ3v) is 6.22. The maximum atomic E-state index is 13.7. The van der Waals surface area contributed by atoms with Crippen LogP contribution in [-0.2, 0) is 19.3 Å². The first-order valence-corrected chi connectivity index (χ1v) is 12.9. The molecule has 2 aromatic carbocycles. The van der Waals surface area contributed by atoms with Crippen molar-refractivity contribution >= 4 is 16.7 Å². The Kier molecular flexibility index (Phi) is 9.34. The molecule has 0 aliphatic heterocycles. The van der Waals surface area contributed by atoms with Crippen molar-refractivity contribution in [1.82, 2.24) is 24.8 Å². The van der Waals surface area contributed by atoms with E-state index in [1.54, 1.807) is 31.0 Å². The maximum absolute atomic E-state index is 13.7. The zero-order valence-corrected chi connectivity index (χ0v) is 23.3. The Hall–Kier alpha value is -4.52. The normalized spacial score (nSPS) is 12.9. The summed E-state index contributed by atoms with van der Waals surface area (Å²) in [6.07, 6.45) is -4.23. The summed E-state index contributed by atoms with van der Waals surface area (Å²) in [6.45, 7) is 2.09. The van der Waals surface area contributed by atoms with Gasteiger partial charge in [-0.15, -0.1) is 0 Å². The lowest BCUT2D eigenvalue weighted by Crippen LogP contribution is -2.30. The summed E-state index contributed by atoms with van der Waals surface area (Å²) in [4.78, 5) is 14.9. The van der Waals surface area contributed by atoms with Gasteiger partial charge in [-0.25, -0.2) is 14.4 Å². The fraction of sp³-hybridized carbons (Fsp3) is 0.233. The van der Waals surface area contributed by atoms with Gasteiger partial charge in [0.05, 0.1) is 29.0 Å². The van der Waals surface area contributed by atoms with E-state index in [4.69, 9.17) is 0 Å². The number of nitrogens with one attached hydrogen (secondary N) is 1. The molecule has 0 spiro atoms.